The summed E-state index contributed by atoms with van der Waals surface area (Å²) in [6, 6.07) is 3.25. The van der Waals surface area contributed by atoms with Gasteiger partial charge in [0.1, 0.15) is 11.6 Å². The van der Waals surface area contributed by atoms with Crippen molar-refractivity contribution in [3.63, 3.8) is 0 Å². The maximum absolute atomic E-state index is 13.5. The molecular formula is C13H17FN2O5. The minimum absolute atomic E-state index is 0.0137. The molecule has 0 spiro atoms. The summed E-state index contributed by atoms with van der Waals surface area (Å²) in [6.07, 6.45) is -0.909. The highest BCUT2D eigenvalue weighted by molar-refractivity contribution is 5.89. The van der Waals surface area contributed by atoms with Crippen LogP contribution < -0.4 is 15.4 Å². The minimum Gasteiger partial charge on any atom is -0.497 e. The van der Waals surface area contributed by atoms with Crippen LogP contribution in [0.3, 0.4) is 0 Å². The quantitative estimate of drug-likeness (QED) is 0.708. The summed E-state index contributed by atoms with van der Waals surface area (Å²) in [4.78, 5) is 22.2. The zero-order valence-corrected chi connectivity index (χ0v) is 11.7. The molecule has 7 nitrogen and oxygen atoms in total. The van der Waals surface area contributed by atoms with Crippen LogP contribution in [0.4, 0.5) is 14.9 Å². The number of hydrogen-bond acceptors (Lipinski definition) is 4. The normalized spacial score (nSPS) is 11.6. The Morgan fingerprint density at radius 2 is 2.10 bits per heavy atom. The van der Waals surface area contributed by atoms with E-state index in [4.69, 9.17) is 14.6 Å². The molecule has 1 aromatic rings. The fourth-order valence-corrected chi connectivity index (χ4v) is 1.53. The predicted octanol–water partition coefficient (Wildman–Crippen LogP) is 1.45. The number of ether oxygens (including phenoxy) is 2. The number of urea groups is 1. The molecule has 2 amide bonds. The van der Waals surface area contributed by atoms with Gasteiger partial charge in [0.2, 0.25) is 0 Å². The van der Waals surface area contributed by atoms with Gasteiger partial charge in [-0.15, -0.1) is 0 Å². The van der Waals surface area contributed by atoms with E-state index in [0.717, 1.165) is 6.07 Å². The molecule has 0 aliphatic carbocycles. The van der Waals surface area contributed by atoms with Gasteiger partial charge in [-0.1, -0.05) is 0 Å². The molecular weight excluding hydrogens is 283 g/mol. The fraction of sp³-hybridized carbons (Fsp3) is 0.385. The van der Waals surface area contributed by atoms with E-state index in [1.54, 1.807) is 0 Å². The first-order valence-electron chi connectivity index (χ1n) is 6.09. The Labute approximate surface area is 121 Å². The summed E-state index contributed by atoms with van der Waals surface area (Å²) in [7, 11) is 2.76. The molecule has 0 fully saturated rings. The van der Waals surface area contributed by atoms with Crippen molar-refractivity contribution in [3.8, 4) is 5.75 Å². The van der Waals surface area contributed by atoms with Gasteiger partial charge in [-0.3, -0.25) is 4.79 Å². The smallest absolute Gasteiger partial charge is 0.319 e. The second-order valence-corrected chi connectivity index (χ2v) is 4.14. The van der Waals surface area contributed by atoms with Crippen LogP contribution in [-0.2, 0) is 9.53 Å². The van der Waals surface area contributed by atoms with Gasteiger partial charge in [-0.2, -0.15) is 0 Å². The second-order valence-electron chi connectivity index (χ2n) is 4.14. The Morgan fingerprint density at radius 3 is 2.67 bits per heavy atom. The highest BCUT2D eigenvalue weighted by Crippen LogP contribution is 2.20. The number of aliphatic carboxylic acids is 1. The molecule has 3 N–H and O–H groups in total. The van der Waals surface area contributed by atoms with Crippen LogP contribution in [0.2, 0.25) is 0 Å². The zero-order chi connectivity index (χ0) is 15.8. The van der Waals surface area contributed by atoms with Gasteiger partial charge < -0.3 is 25.2 Å². The van der Waals surface area contributed by atoms with Gasteiger partial charge in [-0.05, 0) is 12.1 Å². The van der Waals surface area contributed by atoms with E-state index in [-0.39, 0.29) is 18.7 Å². The average molecular weight is 300 g/mol. The maximum atomic E-state index is 13.5. The molecule has 116 valence electrons. The highest BCUT2D eigenvalue weighted by Gasteiger charge is 2.14. The molecule has 0 bridgehead atoms. The van der Waals surface area contributed by atoms with Gasteiger partial charge in [0, 0.05) is 19.7 Å². The van der Waals surface area contributed by atoms with Crippen LogP contribution in [0.15, 0.2) is 18.2 Å². The lowest BCUT2D eigenvalue weighted by Gasteiger charge is -2.15. The van der Waals surface area contributed by atoms with Crippen molar-refractivity contribution in [2.75, 3.05) is 26.1 Å². The third-order valence-electron chi connectivity index (χ3n) is 2.65. The van der Waals surface area contributed by atoms with E-state index in [1.807, 2.05) is 0 Å². The molecule has 0 saturated carbocycles. The van der Waals surface area contributed by atoms with E-state index in [9.17, 15) is 14.0 Å². The number of methoxy groups -OCH3 is 2. The Balaban J connectivity index is 2.55. The van der Waals surface area contributed by atoms with Gasteiger partial charge in [-0.25, -0.2) is 9.18 Å². The molecule has 0 aliphatic heterocycles. The van der Waals surface area contributed by atoms with Gasteiger partial charge in [0.25, 0.3) is 0 Å². The molecule has 21 heavy (non-hydrogen) atoms. The Hall–Kier alpha value is -2.35. The van der Waals surface area contributed by atoms with Crippen LogP contribution >= 0.6 is 0 Å². The summed E-state index contributed by atoms with van der Waals surface area (Å²) in [5, 5.41) is 13.4. The Bertz CT molecular complexity index is 509. The number of carbonyl (C=O) groups excluding carboxylic acids is 1. The van der Waals surface area contributed by atoms with E-state index < -0.39 is 23.9 Å². The lowest BCUT2D eigenvalue weighted by molar-refractivity contribution is -0.139. The third-order valence-corrected chi connectivity index (χ3v) is 2.65. The largest absolute Gasteiger partial charge is 0.497 e. The molecule has 0 saturated heterocycles. The van der Waals surface area contributed by atoms with Crippen LogP contribution in [0.25, 0.3) is 0 Å². The lowest BCUT2D eigenvalue weighted by atomic mass is 10.2. The third kappa shape index (κ3) is 5.65. The molecule has 1 unspecified atom stereocenters. The average Bonchev–Trinajstić information content (AvgIpc) is 2.45. The van der Waals surface area contributed by atoms with Gasteiger partial charge >= 0.3 is 12.0 Å². The molecule has 1 atom stereocenters. The SMILES string of the molecule is COc1ccc(F)c(NC(=O)NCC(CC(=O)O)OC)c1. The maximum Gasteiger partial charge on any atom is 0.319 e. The van der Waals surface area contributed by atoms with Crippen LogP contribution in [-0.4, -0.2) is 44.0 Å². The summed E-state index contributed by atoms with van der Waals surface area (Å²) in [5.74, 6) is -1.25. The first kappa shape index (κ1) is 16.7. The van der Waals surface area contributed by atoms with Crippen molar-refractivity contribution in [1.29, 1.82) is 0 Å². The van der Waals surface area contributed by atoms with E-state index >= 15 is 0 Å². The van der Waals surface area contributed by atoms with Crippen molar-refractivity contribution in [2.45, 2.75) is 12.5 Å². The molecule has 0 heterocycles. The van der Waals surface area contributed by atoms with Crippen molar-refractivity contribution in [3.05, 3.63) is 24.0 Å². The zero-order valence-electron chi connectivity index (χ0n) is 11.7. The second kappa shape index (κ2) is 8.05. The van der Waals surface area contributed by atoms with E-state index in [1.165, 1.54) is 26.4 Å². The molecule has 0 radical (unpaired) electrons. The summed E-state index contributed by atoms with van der Waals surface area (Å²) < 4.78 is 23.3. The predicted molar refractivity (Wildman–Crippen MR) is 73.0 cm³/mol. The summed E-state index contributed by atoms with van der Waals surface area (Å²) in [5.41, 5.74) is -0.0425. The number of rotatable bonds is 7. The fourth-order valence-electron chi connectivity index (χ4n) is 1.53. The van der Waals surface area contributed by atoms with Crippen molar-refractivity contribution in [2.24, 2.45) is 0 Å². The number of amides is 2. The molecule has 8 heteroatoms. The van der Waals surface area contributed by atoms with E-state index in [0.29, 0.717) is 5.75 Å². The topological polar surface area (TPSA) is 96.9 Å². The molecule has 1 rings (SSSR count). The number of carbonyl (C=O) groups is 2. The first-order chi connectivity index (χ1) is 9.96. The van der Waals surface area contributed by atoms with Gasteiger partial charge in [0.05, 0.1) is 25.3 Å². The number of carboxylic acid groups (broad SMARTS) is 1. The molecule has 1 aromatic carbocycles. The first-order valence-corrected chi connectivity index (χ1v) is 6.09. The number of anilines is 1. The lowest BCUT2D eigenvalue weighted by Crippen LogP contribution is -2.37. The van der Waals surface area contributed by atoms with Crippen molar-refractivity contribution >= 4 is 17.7 Å². The van der Waals surface area contributed by atoms with Gasteiger partial charge in [0.15, 0.2) is 0 Å². The van der Waals surface area contributed by atoms with Crippen molar-refractivity contribution in [1.82, 2.24) is 5.32 Å². The standard InChI is InChI=1S/C13H17FN2O5/c1-20-8-3-4-10(14)11(5-8)16-13(19)15-7-9(21-2)6-12(17)18/h3-5,9H,6-7H2,1-2H3,(H,17,18)(H2,15,16,19). The monoisotopic (exact) mass is 300 g/mol. The van der Waals surface area contributed by atoms with Crippen LogP contribution in [0, 0.1) is 5.82 Å². The number of hydrogen-bond donors (Lipinski definition) is 3. The minimum atomic E-state index is -1.04. The Morgan fingerprint density at radius 1 is 1.38 bits per heavy atom. The molecule has 0 aromatic heterocycles. The van der Waals surface area contributed by atoms with Crippen molar-refractivity contribution < 1.29 is 28.6 Å². The van der Waals surface area contributed by atoms with Crippen LogP contribution in [0.1, 0.15) is 6.42 Å². The summed E-state index contributed by atoms with van der Waals surface area (Å²) in [6.45, 7) is -0.0137. The van der Waals surface area contributed by atoms with Crippen LogP contribution in [0.5, 0.6) is 5.75 Å². The number of nitrogens with one attached hydrogen (secondary N) is 2. The highest BCUT2D eigenvalue weighted by atomic mass is 19.1. The van der Waals surface area contributed by atoms with E-state index in [2.05, 4.69) is 10.6 Å². The molecule has 0 aliphatic rings. The Kier molecular flexibility index (Phi) is 6.41. The summed E-state index contributed by atoms with van der Waals surface area (Å²) >= 11 is 0. The number of carboxylic acids is 1. The number of halogens is 1. The number of benzene rings is 1.